The molecule has 1 saturated heterocycles. The Morgan fingerprint density at radius 1 is 1.53 bits per heavy atom. The maximum atomic E-state index is 9.43. The predicted octanol–water partition coefficient (Wildman–Crippen LogP) is 1.88. The Morgan fingerprint density at radius 2 is 2.27 bits per heavy atom. The summed E-state index contributed by atoms with van der Waals surface area (Å²) in [7, 11) is 1.66. The van der Waals surface area contributed by atoms with Gasteiger partial charge in [0.2, 0.25) is 0 Å². The first-order chi connectivity index (χ1) is 7.19. The average Bonchev–Trinajstić information content (AvgIpc) is 2.19. The van der Waals surface area contributed by atoms with Crippen molar-refractivity contribution in [2.24, 2.45) is 0 Å². The molecular weight excluding hydrogens is 194 g/mol. The van der Waals surface area contributed by atoms with Gasteiger partial charge in [0.15, 0.2) is 6.29 Å². The molecule has 15 heavy (non-hydrogen) atoms. The Bertz CT molecular complexity index is 177. The van der Waals surface area contributed by atoms with Crippen LogP contribution in [0, 0.1) is 0 Å². The van der Waals surface area contributed by atoms with E-state index in [1.807, 2.05) is 5.06 Å². The van der Waals surface area contributed by atoms with Gasteiger partial charge in [-0.1, -0.05) is 13.3 Å². The summed E-state index contributed by atoms with van der Waals surface area (Å²) in [6.07, 6.45) is 4.12. The molecule has 4 nitrogen and oxygen atoms in total. The van der Waals surface area contributed by atoms with Crippen molar-refractivity contribution >= 4 is 0 Å². The number of nitrogens with zero attached hydrogens (tertiary/aromatic N) is 1. The third-order valence-electron chi connectivity index (χ3n) is 2.85. The SMILES string of the molecule is CCCC(C)N(OC)[C@H]1CCCC(O)O1. The highest BCUT2D eigenvalue weighted by molar-refractivity contribution is 4.68. The Hall–Kier alpha value is -0.160. The average molecular weight is 217 g/mol. The van der Waals surface area contributed by atoms with Crippen LogP contribution in [0.3, 0.4) is 0 Å². The number of ether oxygens (including phenoxy) is 1. The van der Waals surface area contributed by atoms with Gasteiger partial charge in [-0.15, -0.1) is 0 Å². The Kier molecular flexibility index (Phi) is 5.53. The quantitative estimate of drug-likeness (QED) is 0.714. The minimum atomic E-state index is -0.629. The van der Waals surface area contributed by atoms with Crippen LogP contribution in [-0.2, 0) is 9.57 Å². The molecule has 0 bridgehead atoms. The minimum absolute atomic E-state index is 0.0969. The van der Waals surface area contributed by atoms with E-state index < -0.39 is 6.29 Å². The zero-order valence-corrected chi connectivity index (χ0v) is 9.98. The molecule has 90 valence electrons. The van der Waals surface area contributed by atoms with Crippen LogP contribution in [0.2, 0.25) is 0 Å². The lowest BCUT2D eigenvalue weighted by molar-refractivity contribution is -0.305. The molecule has 0 aliphatic carbocycles. The van der Waals surface area contributed by atoms with Crippen molar-refractivity contribution in [2.45, 2.75) is 64.5 Å². The first kappa shape index (κ1) is 12.9. The van der Waals surface area contributed by atoms with E-state index in [9.17, 15) is 5.11 Å². The Labute approximate surface area is 92.1 Å². The highest BCUT2D eigenvalue weighted by Gasteiger charge is 2.29. The number of hydroxylamine groups is 2. The highest BCUT2D eigenvalue weighted by atomic mass is 16.7. The lowest BCUT2D eigenvalue weighted by Crippen LogP contribution is -2.46. The number of hydrogen-bond donors (Lipinski definition) is 1. The van der Waals surface area contributed by atoms with Crippen molar-refractivity contribution in [3.8, 4) is 0 Å². The van der Waals surface area contributed by atoms with Gasteiger partial charge >= 0.3 is 0 Å². The minimum Gasteiger partial charge on any atom is -0.368 e. The largest absolute Gasteiger partial charge is 0.368 e. The second-order valence-electron chi connectivity index (χ2n) is 4.16. The molecule has 1 heterocycles. The molecule has 0 radical (unpaired) electrons. The molecule has 0 saturated carbocycles. The van der Waals surface area contributed by atoms with Gasteiger partial charge in [-0.2, -0.15) is 5.06 Å². The van der Waals surface area contributed by atoms with Crippen molar-refractivity contribution < 1.29 is 14.7 Å². The number of aliphatic hydroxyl groups excluding tert-OH is 1. The molecule has 0 aromatic rings. The lowest BCUT2D eigenvalue weighted by Gasteiger charge is -2.37. The van der Waals surface area contributed by atoms with E-state index >= 15 is 0 Å². The molecule has 1 fully saturated rings. The van der Waals surface area contributed by atoms with Crippen LogP contribution < -0.4 is 0 Å². The van der Waals surface area contributed by atoms with Gasteiger partial charge in [0.1, 0.15) is 6.23 Å². The van der Waals surface area contributed by atoms with E-state index in [1.165, 1.54) is 0 Å². The summed E-state index contributed by atoms with van der Waals surface area (Å²) in [5.74, 6) is 0. The zero-order valence-electron chi connectivity index (χ0n) is 9.98. The Balaban J connectivity index is 2.48. The van der Waals surface area contributed by atoms with Crippen molar-refractivity contribution in [3.05, 3.63) is 0 Å². The standard InChI is InChI=1S/C11H23NO3/c1-4-6-9(2)12(14-3)10-7-5-8-11(13)15-10/h9-11,13H,4-8H2,1-3H3/t9?,10-,11?/m1/s1. The van der Waals surface area contributed by atoms with Gasteiger partial charge in [0, 0.05) is 6.04 Å². The van der Waals surface area contributed by atoms with E-state index in [2.05, 4.69) is 13.8 Å². The van der Waals surface area contributed by atoms with E-state index in [0.29, 0.717) is 6.04 Å². The molecule has 1 N–H and O–H groups in total. The highest BCUT2D eigenvalue weighted by Crippen LogP contribution is 2.23. The molecule has 0 aromatic carbocycles. The predicted molar refractivity (Wildman–Crippen MR) is 57.9 cm³/mol. The molecular formula is C11H23NO3. The topological polar surface area (TPSA) is 41.9 Å². The normalized spacial score (nSPS) is 29.4. The summed E-state index contributed by atoms with van der Waals surface area (Å²) in [4.78, 5) is 5.35. The fourth-order valence-electron chi connectivity index (χ4n) is 2.10. The number of rotatable bonds is 5. The van der Waals surface area contributed by atoms with Gasteiger partial charge in [-0.05, 0) is 32.6 Å². The van der Waals surface area contributed by atoms with Crippen LogP contribution in [0.1, 0.15) is 46.0 Å². The first-order valence-corrected chi connectivity index (χ1v) is 5.85. The summed E-state index contributed by atoms with van der Waals surface area (Å²) in [5, 5.41) is 11.3. The van der Waals surface area contributed by atoms with Crippen molar-refractivity contribution in [1.29, 1.82) is 0 Å². The van der Waals surface area contributed by atoms with E-state index in [-0.39, 0.29) is 6.23 Å². The fourth-order valence-corrected chi connectivity index (χ4v) is 2.10. The molecule has 2 unspecified atom stereocenters. The molecule has 0 amide bonds. The van der Waals surface area contributed by atoms with Crippen molar-refractivity contribution in [2.75, 3.05) is 7.11 Å². The molecule has 1 aliphatic heterocycles. The van der Waals surface area contributed by atoms with Gasteiger partial charge < -0.3 is 9.84 Å². The van der Waals surface area contributed by atoms with E-state index in [1.54, 1.807) is 7.11 Å². The fraction of sp³-hybridized carbons (Fsp3) is 1.00. The smallest absolute Gasteiger partial charge is 0.156 e. The maximum Gasteiger partial charge on any atom is 0.156 e. The monoisotopic (exact) mass is 217 g/mol. The molecule has 3 atom stereocenters. The second kappa shape index (κ2) is 6.43. The second-order valence-corrected chi connectivity index (χ2v) is 4.16. The van der Waals surface area contributed by atoms with Crippen LogP contribution in [0.15, 0.2) is 0 Å². The lowest BCUT2D eigenvalue weighted by atomic mass is 10.1. The van der Waals surface area contributed by atoms with Crippen LogP contribution in [0.5, 0.6) is 0 Å². The molecule has 4 heteroatoms. The maximum absolute atomic E-state index is 9.43. The summed E-state index contributed by atoms with van der Waals surface area (Å²) in [6, 6.07) is 0.329. The molecule has 1 rings (SSSR count). The van der Waals surface area contributed by atoms with E-state index in [0.717, 1.165) is 32.1 Å². The number of aliphatic hydroxyl groups is 1. The Morgan fingerprint density at radius 3 is 2.80 bits per heavy atom. The van der Waals surface area contributed by atoms with Crippen LogP contribution in [0.4, 0.5) is 0 Å². The van der Waals surface area contributed by atoms with Gasteiger partial charge in [-0.25, -0.2) is 0 Å². The summed E-state index contributed by atoms with van der Waals surface area (Å²) in [6.45, 7) is 4.28. The van der Waals surface area contributed by atoms with Crippen molar-refractivity contribution in [1.82, 2.24) is 5.06 Å². The van der Waals surface area contributed by atoms with Gasteiger partial charge in [-0.3, -0.25) is 4.84 Å². The summed E-state index contributed by atoms with van der Waals surface area (Å²) < 4.78 is 5.46. The number of hydrogen-bond acceptors (Lipinski definition) is 4. The van der Waals surface area contributed by atoms with Crippen molar-refractivity contribution in [3.63, 3.8) is 0 Å². The molecule has 0 spiro atoms. The van der Waals surface area contributed by atoms with Gasteiger partial charge in [0.25, 0.3) is 0 Å². The van der Waals surface area contributed by atoms with Crippen LogP contribution in [-0.4, -0.2) is 35.8 Å². The third kappa shape index (κ3) is 3.72. The molecule has 0 aromatic heterocycles. The van der Waals surface area contributed by atoms with Crippen LogP contribution >= 0.6 is 0 Å². The first-order valence-electron chi connectivity index (χ1n) is 5.85. The van der Waals surface area contributed by atoms with E-state index in [4.69, 9.17) is 9.57 Å². The van der Waals surface area contributed by atoms with Crippen LogP contribution in [0.25, 0.3) is 0 Å². The summed E-state index contributed by atoms with van der Waals surface area (Å²) in [5.41, 5.74) is 0. The molecule has 1 aliphatic rings. The summed E-state index contributed by atoms with van der Waals surface area (Å²) >= 11 is 0. The third-order valence-corrected chi connectivity index (χ3v) is 2.85. The van der Waals surface area contributed by atoms with Gasteiger partial charge in [0.05, 0.1) is 7.11 Å². The zero-order chi connectivity index (χ0) is 11.3.